The van der Waals surface area contributed by atoms with Crippen molar-refractivity contribution in [1.29, 1.82) is 0 Å². The summed E-state index contributed by atoms with van der Waals surface area (Å²) in [6.45, 7) is 3.75. The Morgan fingerprint density at radius 2 is 2.06 bits per heavy atom. The summed E-state index contributed by atoms with van der Waals surface area (Å²) >= 11 is 0. The maximum Gasteiger partial charge on any atom is 0.332 e. The summed E-state index contributed by atoms with van der Waals surface area (Å²) in [6, 6.07) is 0.376. The summed E-state index contributed by atoms with van der Waals surface area (Å²) in [6.07, 6.45) is 4.66. The molecule has 0 bridgehead atoms. The van der Waals surface area contributed by atoms with Crippen LogP contribution in [0.25, 0.3) is 0 Å². The molecule has 1 rings (SSSR count). The first-order chi connectivity index (χ1) is 7.63. The van der Waals surface area contributed by atoms with Gasteiger partial charge in [-0.3, -0.25) is 0 Å². The minimum Gasteiger partial charge on any atom is -0.461 e. The van der Waals surface area contributed by atoms with E-state index >= 15 is 0 Å². The van der Waals surface area contributed by atoms with Crippen molar-refractivity contribution in [1.82, 2.24) is 5.32 Å². The molecule has 0 spiro atoms. The zero-order valence-electron chi connectivity index (χ0n) is 10.5. The predicted octanol–water partition coefficient (Wildman–Crippen LogP) is 1.49. The molecule has 0 aromatic carbocycles. The van der Waals surface area contributed by atoms with Gasteiger partial charge < -0.3 is 14.8 Å². The molecule has 2 atom stereocenters. The molecule has 0 aliphatic heterocycles. The summed E-state index contributed by atoms with van der Waals surface area (Å²) in [5.41, 5.74) is 0. The first-order valence-electron chi connectivity index (χ1n) is 6.12. The minimum absolute atomic E-state index is 0.0671. The van der Waals surface area contributed by atoms with Crippen molar-refractivity contribution in [2.75, 3.05) is 13.7 Å². The smallest absolute Gasteiger partial charge is 0.332 e. The molecule has 0 radical (unpaired) electrons. The maximum absolute atomic E-state index is 11.3. The van der Waals surface area contributed by atoms with Gasteiger partial charge in [-0.15, -0.1) is 0 Å². The summed E-state index contributed by atoms with van der Waals surface area (Å²) < 4.78 is 10.6. The van der Waals surface area contributed by atoms with E-state index in [1.807, 2.05) is 20.9 Å². The van der Waals surface area contributed by atoms with Crippen molar-refractivity contribution in [2.24, 2.45) is 0 Å². The third-order valence-electron chi connectivity index (χ3n) is 2.86. The molecule has 0 saturated heterocycles. The predicted molar refractivity (Wildman–Crippen MR) is 62.3 cm³/mol. The van der Waals surface area contributed by atoms with E-state index in [9.17, 15) is 4.79 Å². The number of ether oxygens (including phenoxy) is 2. The van der Waals surface area contributed by atoms with Gasteiger partial charge in [-0.05, 0) is 33.7 Å². The standard InChI is InChI=1S/C12H23NO3/c1-9(2)16-12(14)8-15-11-7-5-4-6-10(11)13-3/h9-11,13H,4-8H2,1-3H3. The lowest BCUT2D eigenvalue weighted by molar-refractivity contribution is -0.156. The quantitative estimate of drug-likeness (QED) is 0.725. The second-order valence-corrected chi connectivity index (χ2v) is 4.57. The first kappa shape index (κ1) is 13.5. The minimum atomic E-state index is -0.268. The zero-order chi connectivity index (χ0) is 12.0. The molecule has 16 heavy (non-hydrogen) atoms. The summed E-state index contributed by atoms with van der Waals surface area (Å²) in [5.74, 6) is -0.268. The highest BCUT2D eigenvalue weighted by atomic mass is 16.6. The third-order valence-corrected chi connectivity index (χ3v) is 2.86. The van der Waals surface area contributed by atoms with E-state index < -0.39 is 0 Å². The van der Waals surface area contributed by atoms with E-state index in [0.717, 1.165) is 12.8 Å². The van der Waals surface area contributed by atoms with Crippen LogP contribution in [0.15, 0.2) is 0 Å². The molecule has 0 aromatic rings. The normalized spacial score (nSPS) is 25.8. The lowest BCUT2D eigenvalue weighted by Gasteiger charge is -2.30. The van der Waals surface area contributed by atoms with Gasteiger partial charge in [0.1, 0.15) is 6.61 Å². The molecule has 0 amide bonds. The van der Waals surface area contributed by atoms with Gasteiger partial charge in [-0.1, -0.05) is 12.8 Å². The van der Waals surface area contributed by atoms with Crippen LogP contribution >= 0.6 is 0 Å². The van der Waals surface area contributed by atoms with Crippen LogP contribution in [0.4, 0.5) is 0 Å². The number of rotatable bonds is 5. The molecule has 4 heteroatoms. The van der Waals surface area contributed by atoms with Gasteiger partial charge in [0.25, 0.3) is 0 Å². The number of carbonyl (C=O) groups excluding carboxylic acids is 1. The number of esters is 1. The largest absolute Gasteiger partial charge is 0.461 e. The molecule has 1 aliphatic rings. The molecule has 0 aromatic heterocycles. The highest BCUT2D eigenvalue weighted by Gasteiger charge is 2.25. The Labute approximate surface area is 97.7 Å². The van der Waals surface area contributed by atoms with E-state index in [-0.39, 0.29) is 24.8 Å². The lowest BCUT2D eigenvalue weighted by atomic mass is 9.92. The van der Waals surface area contributed by atoms with Gasteiger partial charge in [0.05, 0.1) is 12.2 Å². The van der Waals surface area contributed by atoms with Gasteiger partial charge in [0, 0.05) is 6.04 Å². The Hall–Kier alpha value is -0.610. The van der Waals surface area contributed by atoms with Crippen LogP contribution in [0.5, 0.6) is 0 Å². The molecule has 1 aliphatic carbocycles. The van der Waals surface area contributed by atoms with Crippen molar-refractivity contribution >= 4 is 5.97 Å². The van der Waals surface area contributed by atoms with Gasteiger partial charge in [-0.2, -0.15) is 0 Å². The molecular formula is C12H23NO3. The van der Waals surface area contributed by atoms with Crippen molar-refractivity contribution in [3.63, 3.8) is 0 Å². The second-order valence-electron chi connectivity index (χ2n) is 4.57. The topological polar surface area (TPSA) is 47.6 Å². The number of carbonyl (C=O) groups is 1. The lowest BCUT2D eigenvalue weighted by Crippen LogP contribution is -2.42. The van der Waals surface area contributed by atoms with E-state index in [4.69, 9.17) is 9.47 Å². The van der Waals surface area contributed by atoms with Crippen molar-refractivity contribution in [3.8, 4) is 0 Å². The number of hydrogen-bond acceptors (Lipinski definition) is 4. The van der Waals surface area contributed by atoms with E-state index in [1.54, 1.807) is 0 Å². The highest BCUT2D eigenvalue weighted by Crippen LogP contribution is 2.20. The van der Waals surface area contributed by atoms with E-state index in [1.165, 1.54) is 12.8 Å². The average molecular weight is 229 g/mol. The van der Waals surface area contributed by atoms with Gasteiger partial charge in [0.15, 0.2) is 0 Å². The summed E-state index contributed by atoms with van der Waals surface area (Å²) in [4.78, 5) is 11.3. The van der Waals surface area contributed by atoms with Crippen molar-refractivity contribution in [2.45, 2.75) is 57.8 Å². The van der Waals surface area contributed by atoms with Gasteiger partial charge >= 0.3 is 5.97 Å². The highest BCUT2D eigenvalue weighted by molar-refractivity contribution is 5.70. The van der Waals surface area contributed by atoms with Crippen LogP contribution in [0.2, 0.25) is 0 Å². The van der Waals surface area contributed by atoms with E-state index in [2.05, 4.69) is 5.32 Å². The molecule has 4 nitrogen and oxygen atoms in total. The Morgan fingerprint density at radius 1 is 1.38 bits per heavy atom. The Morgan fingerprint density at radius 3 is 2.69 bits per heavy atom. The van der Waals surface area contributed by atoms with Crippen LogP contribution in [0.1, 0.15) is 39.5 Å². The fraction of sp³-hybridized carbons (Fsp3) is 0.917. The monoisotopic (exact) mass is 229 g/mol. The molecular weight excluding hydrogens is 206 g/mol. The first-order valence-corrected chi connectivity index (χ1v) is 6.12. The number of nitrogens with one attached hydrogen (secondary N) is 1. The van der Waals surface area contributed by atoms with Crippen LogP contribution in [0, 0.1) is 0 Å². The molecule has 94 valence electrons. The maximum atomic E-state index is 11.3. The molecule has 1 fully saturated rings. The second kappa shape index (κ2) is 6.86. The molecule has 0 heterocycles. The Bertz CT molecular complexity index is 218. The Balaban J connectivity index is 2.27. The summed E-state index contributed by atoms with van der Waals surface area (Å²) in [7, 11) is 1.94. The fourth-order valence-corrected chi connectivity index (χ4v) is 2.10. The van der Waals surface area contributed by atoms with Gasteiger partial charge in [-0.25, -0.2) is 4.79 Å². The third kappa shape index (κ3) is 4.49. The average Bonchev–Trinajstić information content (AvgIpc) is 2.26. The SMILES string of the molecule is CNC1CCCCC1OCC(=O)OC(C)C. The van der Waals surface area contributed by atoms with Crippen molar-refractivity contribution < 1.29 is 14.3 Å². The fourth-order valence-electron chi connectivity index (χ4n) is 2.10. The molecule has 2 unspecified atom stereocenters. The van der Waals surface area contributed by atoms with E-state index in [0.29, 0.717) is 6.04 Å². The van der Waals surface area contributed by atoms with Crippen LogP contribution in [-0.4, -0.2) is 37.9 Å². The van der Waals surface area contributed by atoms with Crippen LogP contribution in [-0.2, 0) is 14.3 Å². The summed E-state index contributed by atoms with van der Waals surface area (Å²) in [5, 5.41) is 3.24. The number of hydrogen-bond donors (Lipinski definition) is 1. The zero-order valence-corrected chi connectivity index (χ0v) is 10.5. The van der Waals surface area contributed by atoms with Crippen molar-refractivity contribution in [3.05, 3.63) is 0 Å². The number of likely N-dealkylation sites (N-methyl/N-ethyl adjacent to an activating group) is 1. The van der Waals surface area contributed by atoms with Crippen LogP contribution < -0.4 is 5.32 Å². The van der Waals surface area contributed by atoms with Gasteiger partial charge in [0.2, 0.25) is 0 Å². The Kier molecular flexibility index (Phi) is 5.77. The van der Waals surface area contributed by atoms with Crippen LogP contribution in [0.3, 0.4) is 0 Å². The molecule has 1 saturated carbocycles. The molecule has 1 N–H and O–H groups in total.